The molecule has 1 nitrogen and oxygen atoms in total. The minimum atomic E-state index is -0.120. The number of para-hydroxylation sites is 1. The van der Waals surface area contributed by atoms with Crippen LogP contribution in [0.15, 0.2) is 162 Å². The minimum absolute atomic E-state index is 0.120. The van der Waals surface area contributed by atoms with E-state index in [1.165, 1.54) is 108 Å². The molecule has 2 heteroatoms. The zero-order valence-corrected chi connectivity index (χ0v) is 30.1. The summed E-state index contributed by atoms with van der Waals surface area (Å²) in [6.07, 6.45) is 0. The zero-order valence-electron chi connectivity index (χ0n) is 29.3. The van der Waals surface area contributed by atoms with Crippen LogP contribution in [0.3, 0.4) is 0 Å². The molecule has 0 radical (unpaired) electrons. The molecule has 1 aliphatic carbocycles. The van der Waals surface area contributed by atoms with Crippen LogP contribution in [0.2, 0.25) is 0 Å². The topological polar surface area (TPSA) is 13.1 Å². The Hall–Kier alpha value is -6.22. The van der Waals surface area contributed by atoms with Crippen molar-refractivity contribution in [3.8, 4) is 33.4 Å². The first-order valence-electron chi connectivity index (χ1n) is 18.4. The van der Waals surface area contributed by atoms with Gasteiger partial charge in [0.25, 0.3) is 0 Å². The summed E-state index contributed by atoms with van der Waals surface area (Å²) in [6, 6.07) is 58.4. The first kappa shape index (κ1) is 29.4. The Kier molecular flexibility index (Phi) is 5.78. The van der Waals surface area contributed by atoms with E-state index in [2.05, 4.69) is 172 Å². The van der Waals surface area contributed by atoms with Crippen molar-refractivity contribution >= 4 is 85.8 Å². The number of hydrogen-bond donors (Lipinski definition) is 0. The van der Waals surface area contributed by atoms with Crippen molar-refractivity contribution in [3.05, 3.63) is 169 Å². The molecule has 1 aliphatic rings. The molecule has 0 saturated carbocycles. The summed E-state index contributed by atoms with van der Waals surface area (Å²) in [5.41, 5.74) is 12.5. The monoisotopic (exact) mass is 692 g/mol. The lowest BCUT2D eigenvalue weighted by atomic mass is 9.77. The highest BCUT2D eigenvalue weighted by atomic mass is 32.1. The largest absolute Gasteiger partial charge is 0.455 e. The van der Waals surface area contributed by atoms with Gasteiger partial charge in [-0.25, -0.2) is 0 Å². The lowest BCUT2D eigenvalue weighted by molar-refractivity contribution is 0.662. The van der Waals surface area contributed by atoms with E-state index in [-0.39, 0.29) is 5.41 Å². The van der Waals surface area contributed by atoms with Crippen molar-refractivity contribution in [2.75, 3.05) is 0 Å². The fraction of sp³-hybridized carbons (Fsp3) is 0.0588. The smallest absolute Gasteiger partial charge is 0.145 e. The van der Waals surface area contributed by atoms with Crippen molar-refractivity contribution in [2.24, 2.45) is 0 Å². The van der Waals surface area contributed by atoms with E-state index in [0.717, 1.165) is 11.2 Å². The average Bonchev–Trinajstić information content (AvgIpc) is 3.85. The maximum Gasteiger partial charge on any atom is 0.145 e. The van der Waals surface area contributed by atoms with Gasteiger partial charge in [-0.15, -0.1) is 11.3 Å². The molecular weight excluding hydrogens is 661 g/mol. The molecule has 9 aromatic carbocycles. The van der Waals surface area contributed by atoms with Crippen LogP contribution in [0.25, 0.3) is 108 Å². The summed E-state index contributed by atoms with van der Waals surface area (Å²) in [6.45, 7) is 4.78. The van der Waals surface area contributed by atoms with Crippen molar-refractivity contribution in [1.82, 2.24) is 0 Å². The maximum atomic E-state index is 6.70. The van der Waals surface area contributed by atoms with Gasteiger partial charge in [0.15, 0.2) is 0 Å². The molecule has 0 spiro atoms. The van der Waals surface area contributed by atoms with Gasteiger partial charge >= 0.3 is 0 Å². The van der Waals surface area contributed by atoms with Crippen molar-refractivity contribution in [1.29, 1.82) is 0 Å². The maximum absolute atomic E-state index is 6.70. The summed E-state index contributed by atoms with van der Waals surface area (Å²) >= 11 is 1.88. The van der Waals surface area contributed by atoms with E-state index < -0.39 is 0 Å². The first-order valence-corrected chi connectivity index (χ1v) is 19.3. The lowest BCUT2D eigenvalue weighted by Crippen LogP contribution is -2.16. The number of benzene rings is 9. The van der Waals surface area contributed by atoms with Crippen LogP contribution in [0.5, 0.6) is 0 Å². The van der Waals surface area contributed by atoms with Crippen molar-refractivity contribution < 1.29 is 4.42 Å². The van der Waals surface area contributed by atoms with E-state index in [1.54, 1.807) is 0 Å². The quantitative estimate of drug-likeness (QED) is 0.164. The van der Waals surface area contributed by atoms with Crippen LogP contribution in [0.4, 0.5) is 0 Å². The Bertz CT molecular complexity index is 3320. The van der Waals surface area contributed by atoms with Crippen LogP contribution in [0, 0.1) is 0 Å². The Morgan fingerprint density at radius 2 is 1.04 bits per heavy atom. The van der Waals surface area contributed by atoms with Crippen LogP contribution >= 0.6 is 11.3 Å². The lowest BCUT2D eigenvalue weighted by Gasteiger charge is -2.26. The Morgan fingerprint density at radius 3 is 1.79 bits per heavy atom. The van der Waals surface area contributed by atoms with E-state index >= 15 is 0 Å². The van der Waals surface area contributed by atoms with E-state index in [4.69, 9.17) is 4.42 Å². The van der Waals surface area contributed by atoms with Gasteiger partial charge in [-0.3, -0.25) is 0 Å². The molecule has 0 atom stereocenters. The Balaban J connectivity index is 1.16. The molecule has 11 aromatic rings. The first-order chi connectivity index (χ1) is 26.1. The second kappa shape index (κ2) is 10.4. The predicted molar refractivity (Wildman–Crippen MR) is 228 cm³/mol. The van der Waals surface area contributed by atoms with Gasteiger partial charge in [0.1, 0.15) is 11.2 Å². The molecule has 53 heavy (non-hydrogen) atoms. The fourth-order valence-electron chi connectivity index (χ4n) is 9.84. The summed E-state index contributed by atoms with van der Waals surface area (Å²) in [5, 5.41) is 12.5. The van der Waals surface area contributed by atoms with Gasteiger partial charge in [0.05, 0.1) is 0 Å². The molecule has 2 aromatic heterocycles. The SMILES string of the molecule is CC1(C)c2ccccc2-c2cccc(-c3c4ccccc4c(-c4ccc5c(c4)sc4c6ccccc6c6c7ccccc7oc6c54)c4ccccc34)c21. The van der Waals surface area contributed by atoms with Gasteiger partial charge in [0.2, 0.25) is 0 Å². The standard InChI is InChI=1S/C51H32OS/c1-51(2)41-24-11-9-14-30(41)36-22-13-23-40(48(36)51)45-33-17-5-3-15-31(33)44(32-16-4-6-18-34(32)45)29-26-27-39-43(28-29)53-50-37-20-8-7-19-35(37)46-38-21-10-12-25-42(38)52-49(46)47(39)50/h3-28H,1-2H3. The fourth-order valence-corrected chi connectivity index (χ4v) is 11.1. The molecule has 0 bridgehead atoms. The highest BCUT2D eigenvalue weighted by molar-refractivity contribution is 7.27. The Morgan fingerprint density at radius 1 is 0.453 bits per heavy atom. The summed E-state index contributed by atoms with van der Waals surface area (Å²) in [4.78, 5) is 0. The molecule has 0 N–H and O–H groups in total. The number of rotatable bonds is 2. The van der Waals surface area contributed by atoms with Gasteiger partial charge in [-0.05, 0) is 83.6 Å². The molecule has 12 rings (SSSR count). The van der Waals surface area contributed by atoms with Gasteiger partial charge in [-0.2, -0.15) is 0 Å². The highest BCUT2D eigenvalue weighted by Gasteiger charge is 2.38. The molecule has 0 aliphatic heterocycles. The van der Waals surface area contributed by atoms with E-state index in [0.29, 0.717) is 0 Å². The third-order valence-electron chi connectivity index (χ3n) is 12.0. The van der Waals surface area contributed by atoms with Crippen LogP contribution < -0.4 is 0 Å². The highest BCUT2D eigenvalue weighted by Crippen LogP contribution is 2.55. The number of hydrogen-bond acceptors (Lipinski definition) is 2. The Labute approximate surface area is 310 Å². The second-order valence-electron chi connectivity index (χ2n) is 15.1. The zero-order chi connectivity index (χ0) is 35.0. The molecule has 0 amide bonds. The molecule has 2 heterocycles. The van der Waals surface area contributed by atoms with Gasteiger partial charge < -0.3 is 4.42 Å². The minimum Gasteiger partial charge on any atom is -0.455 e. The third kappa shape index (κ3) is 3.81. The molecule has 0 unspecified atom stereocenters. The molecule has 0 saturated heterocycles. The predicted octanol–water partition coefficient (Wildman–Crippen LogP) is 15.1. The van der Waals surface area contributed by atoms with Crippen molar-refractivity contribution in [3.63, 3.8) is 0 Å². The molecule has 0 fully saturated rings. The van der Waals surface area contributed by atoms with E-state index in [9.17, 15) is 0 Å². The van der Waals surface area contributed by atoms with Crippen LogP contribution in [0.1, 0.15) is 25.0 Å². The van der Waals surface area contributed by atoms with Crippen molar-refractivity contribution in [2.45, 2.75) is 19.3 Å². The van der Waals surface area contributed by atoms with Crippen LogP contribution in [-0.2, 0) is 5.41 Å². The summed E-state index contributed by atoms with van der Waals surface area (Å²) < 4.78 is 9.25. The second-order valence-corrected chi connectivity index (χ2v) is 16.2. The van der Waals surface area contributed by atoms with Crippen LogP contribution in [-0.4, -0.2) is 0 Å². The third-order valence-corrected chi connectivity index (χ3v) is 13.2. The van der Waals surface area contributed by atoms with Gasteiger partial charge in [0, 0.05) is 41.7 Å². The summed E-state index contributed by atoms with van der Waals surface area (Å²) in [5.74, 6) is 0. The number of thiophene rings is 1. The molecular formula is C51H32OS. The average molecular weight is 693 g/mol. The number of furan rings is 1. The van der Waals surface area contributed by atoms with Gasteiger partial charge in [-0.1, -0.05) is 159 Å². The van der Waals surface area contributed by atoms with E-state index in [1.807, 2.05) is 11.3 Å². The summed E-state index contributed by atoms with van der Waals surface area (Å²) in [7, 11) is 0. The molecule has 248 valence electrons. The normalized spacial score (nSPS) is 13.6. The number of fused-ring (bicyclic) bond motifs is 15.